The van der Waals surface area contributed by atoms with Crippen LogP contribution in [0.4, 0.5) is 0 Å². The van der Waals surface area contributed by atoms with Crippen molar-refractivity contribution < 1.29 is 9.53 Å². The number of ether oxygens (including phenoxy) is 1. The van der Waals surface area contributed by atoms with Crippen LogP contribution in [0.1, 0.15) is 40.5 Å². The summed E-state index contributed by atoms with van der Waals surface area (Å²) >= 11 is 0. The van der Waals surface area contributed by atoms with Gasteiger partial charge < -0.3 is 15.8 Å². The SMILES string of the molecule is CCC(C)C(N)C(=O)NCCCOCC(C)C.Cl. The molecule has 0 aliphatic rings. The summed E-state index contributed by atoms with van der Waals surface area (Å²) in [5.41, 5.74) is 5.81. The highest BCUT2D eigenvalue weighted by molar-refractivity contribution is 5.85. The molecule has 0 aliphatic carbocycles. The molecule has 4 nitrogen and oxygen atoms in total. The van der Waals surface area contributed by atoms with Gasteiger partial charge in [-0.2, -0.15) is 0 Å². The average molecular weight is 281 g/mol. The maximum Gasteiger partial charge on any atom is 0.237 e. The van der Waals surface area contributed by atoms with E-state index in [9.17, 15) is 4.79 Å². The molecule has 0 bridgehead atoms. The summed E-state index contributed by atoms with van der Waals surface area (Å²) in [7, 11) is 0. The van der Waals surface area contributed by atoms with Crippen LogP contribution in [0.2, 0.25) is 0 Å². The van der Waals surface area contributed by atoms with Crippen LogP contribution in [0.5, 0.6) is 0 Å². The Morgan fingerprint density at radius 3 is 2.44 bits per heavy atom. The van der Waals surface area contributed by atoms with E-state index in [1.54, 1.807) is 0 Å². The van der Waals surface area contributed by atoms with Gasteiger partial charge in [-0.1, -0.05) is 34.1 Å². The molecular weight excluding hydrogens is 252 g/mol. The first-order valence-corrected chi connectivity index (χ1v) is 6.60. The second-order valence-electron chi connectivity index (χ2n) is 5.02. The largest absolute Gasteiger partial charge is 0.381 e. The lowest BCUT2D eigenvalue weighted by Gasteiger charge is -2.17. The maximum atomic E-state index is 11.6. The number of carbonyl (C=O) groups excluding carboxylic acids is 1. The molecule has 0 aliphatic heterocycles. The van der Waals surface area contributed by atoms with Crippen molar-refractivity contribution >= 4 is 18.3 Å². The van der Waals surface area contributed by atoms with Crippen molar-refractivity contribution in [2.75, 3.05) is 19.8 Å². The molecule has 0 rings (SSSR count). The van der Waals surface area contributed by atoms with Crippen molar-refractivity contribution in [3.05, 3.63) is 0 Å². The Morgan fingerprint density at radius 1 is 1.33 bits per heavy atom. The van der Waals surface area contributed by atoms with Gasteiger partial charge in [0.05, 0.1) is 6.04 Å². The fourth-order valence-electron chi connectivity index (χ4n) is 1.34. The lowest BCUT2D eigenvalue weighted by Crippen LogP contribution is -2.45. The molecule has 2 unspecified atom stereocenters. The predicted molar refractivity (Wildman–Crippen MR) is 78.0 cm³/mol. The van der Waals surface area contributed by atoms with E-state index in [0.717, 1.165) is 19.4 Å². The number of nitrogens with two attached hydrogens (primary N) is 1. The Balaban J connectivity index is 0. The summed E-state index contributed by atoms with van der Waals surface area (Å²) in [5.74, 6) is 0.735. The molecule has 18 heavy (non-hydrogen) atoms. The molecule has 0 saturated heterocycles. The van der Waals surface area contributed by atoms with Crippen molar-refractivity contribution in [3.8, 4) is 0 Å². The first-order valence-electron chi connectivity index (χ1n) is 6.60. The van der Waals surface area contributed by atoms with Crippen molar-refractivity contribution in [1.29, 1.82) is 0 Å². The summed E-state index contributed by atoms with van der Waals surface area (Å²) in [6.45, 7) is 10.4. The van der Waals surface area contributed by atoms with Gasteiger partial charge in [-0.15, -0.1) is 12.4 Å². The van der Waals surface area contributed by atoms with E-state index >= 15 is 0 Å². The molecule has 0 fully saturated rings. The minimum absolute atomic E-state index is 0. The van der Waals surface area contributed by atoms with Crippen LogP contribution < -0.4 is 11.1 Å². The van der Waals surface area contributed by atoms with Crippen molar-refractivity contribution in [1.82, 2.24) is 5.32 Å². The zero-order valence-corrected chi connectivity index (χ0v) is 12.9. The highest BCUT2D eigenvalue weighted by Crippen LogP contribution is 2.04. The number of halogens is 1. The minimum Gasteiger partial charge on any atom is -0.381 e. The van der Waals surface area contributed by atoms with Crippen LogP contribution >= 0.6 is 12.4 Å². The number of hydrogen-bond donors (Lipinski definition) is 2. The second kappa shape index (κ2) is 11.8. The Kier molecular flexibility index (Phi) is 13.1. The van der Waals surface area contributed by atoms with E-state index in [1.807, 2.05) is 13.8 Å². The quantitative estimate of drug-likeness (QED) is 0.635. The average Bonchev–Trinajstić information content (AvgIpc) is 2.30. The third-order valence-electron chi connectivity index (χ3n) is 2.78. The van der Waals surface area contributed by atoms with Gasteiger partial charge in [-0.05, 0) is 18.3 Å². The van der Waals surface area contributed by atoms with Crippen molar-refractivity contribution in [2.24, 2.45) is 17.6 Å². The molecule has 0 heterocycles. The lowest BCUT2D eigenvalue weighted by molar-refractivity contribution is -0.123. The standard InChI is InChI=1S/C13H28N2O2.ClH/c1-5-11(4)12(14)13(16)15-7-6-8-17-9-10(2)3;/h10-12H,5-9,14H2,1-4H3,(H,15,16);1H. The molecule has 0 radical (unpaired) electrons. The molecule has 2 atom stereocenters. The van der Waals surface area contributed by atoms with E-state index in [4.69, 9.17) is 10.5 Å². The van der Waals surface area contributed by atoms with Gasteiger partial charge in [0.25, 0.3) is 0 Å². The van der Waals surface area contributed by atoms with Gasteiger partial charge >= 0.3 is 0 Å². The van der Waals surface area contributed by atoms with Crippen LogP contribution in [-0.2, 0) is 9.53 Å². The molecule has 0 spiro atoms. The van der Waals surface area contributed by atoms with Gasteiger partial charge in [-0.3, -0.25) is 4.79 Å². The predicted octanol–water partition coefficient (Wildman–Crippen LogP) is 1.96. The Hall–Kier alpha value is -0.320. The number of carbonyl (C=O) groups is 1. The van der Waals surface area contributed by atoms with Gasteiger partial charge in [0, 0.05) is 19.8 Å². The van der Waals surface area contributed by atoms with E-state index in [1.165, 1.54) is 0 Å². The smallest absolute Gasteiger partial charge is 0.237 e. The van der Waals surface area contributed by atoms with Gasteiger partial charge in [-0.25, -0.2) is 0 Å². The Morgan fingerprint density at radius 2 is 1.94 bits per heavy atom. The zero-order valence-electron chi connectivity index (χ0n) is 12.1. The van der Waals surface area contributed by atoms with Crippen molar-refractivity contribution in [3.63, 3.8) is 0 Å². The van der Waals surface area contributed by atoms with Crippen molar-refractivity contribution in [2.45, 2.75) is 46.6 Å². The highest BCUT2D eigenvalue weighted by atomic mass is 35.5. The first-order chi connectivity index (χ1) is 7.99. The molecule has 3 N–H and O–H groups in total. The van der Waals surface area contributed by atoms with Crippen LogP contribution in [-0.4, -0.2) is 31.7 Å². The number of amides is 1. The summed E-state index contributed by atoms with van der Waals surface area (Å²) in [6.07, 6.45) is 1.76. The molecule has 0 aromatic rings. The summed E-state index contributed by atoms with van der Waals surface area (Å²) in [6, 6.07) is -0.392. The van der Waals surface area contributed by atoms with E-state index in [2.05, 4.69) is 19.2 Å². The van der Waals surface area contributed by atoms with Crippen LogP contribution in [0.15, 0.2) is 0 Å². The Labute approximate surface area is 117 Å². The third kappa shape index (κ3) is 9.68. The van der Waals surface area contributed by atoms with E-state index < -0.39 is 6.04 Å². The van der Waals surface area contributed by atoms with Gasteiger partial charge in [0.1, 0.15) is 0 Å². The molecular formula is C13H29ClN2O2. The molecule has 110 valence electrons. The van der Waals surface area contributed by atoms with Gasteiger partial charge in [0.15, 0.2) is 0 Å². The summed E-state index contributed by atoms with van der Waals surface area (Å²) in [4.78, 5) is 11.6. The molecule has 0 saturated carbocycles. The lowest BCUT2D eigenvalue weighted by atomic mass is 9.99. The topological polar surface area (TPSA) is 64.4 Å². The molecule has 1 amide bonds. The van der Waals surface area contributed by atoms with Crippen LogP contribution in [0.25, 0.3) is 0 Å². The summed E-state index contributed by atoms with van der Waals surface area (Å²) < 4.78 is 5.42. The number of hydrogen-bond acceptors (Lipinski definition) is 3. The number of nitrogens with one attached hydrogen (secondary N) is 1. The monoisotopic (exact) mass is 280 g/mol. The van der Waals surface area contributed by atoms with E-state index in [0.29, 0.717) is 19.1 Å². The fourth-order valence-corrected chi connectivity index (χ4v) is 1.34. The second-order valence-corrected chi connectivity index (χ2v) is 5.02. The third-order valence-corrected chi connectivity index (χ3v) is 2.78. The van der Waals surface area contributed by atoms with Crippen LogP contribution in [0, 0.1) is 11.8 Å². The minimum atomic E-state index is -0.392. The normalized spacial score (nSPS) is 13.9. The molecule has 0 aromatic heterocycles. The zero-order chi connectivity index (χ0) is 13.3. The Bertz CT molecular complexity index is 213. The summed E-state index contributed by atoms with van der Waals surface area (Å²) in [5, 5.41) is 2.84. The highest BCUT2D eigenvalue weighted by Gasteiger charge is 2.18. The maximum absolute atomic E-state index is 11.6. The molecule has 0 aromatic carbocycles. The first kappa shape index (κ1) is 20.0. The fraction of sp³-hybridized carbons (Fsp3) is 0.923. The number of rotatable bonds is 9. The van der Waals surface area contributed by atoms with E-state index in [-0.39, 0.29) is 24.2 Å². The van der Waals surface area contributed by atoms with Gasteiger partial charge in [0.2, 0.25) is 5.91 Å². The molecule has 5 heteroatoms. The van der Waals surface area contributed by atoms with Crippen LogP contribution in [0.3, 0.4) is 0 Å².